The Kier molecular flexibility index (Phi) is 9.45. The molecule has 1 aliphatic rings. The highest BCUT2D eigenvalue weighted by atomic mass is 32.2. The minimum atomic E-state index is -0.288. The molecule has 0 aliphatic carbocycles. The maximum atomic E-state index is 14.4. The van der Waals surface area contributed by atoms with Gasteiger partial charge in [0.2, 0.25) is 11.9 Å². The lowest BCUT2D eigenvalue weighted by Gasteiger charge is -2.26. The monoisotopic (exact) mass is 617 g/mol. The fraction of sp³-hybridized carbons (Fsp3) is 0.364. The molecule has 0 saturated carbocycles. The maximum absolute atomic E-state index is 14.4. The Hall–Kier alpha value is -4.09. The Labute approximate surface area is 262 Å². The van der Waals surface area contributed by atoms with Crippen molar-refractivity contribution in [2.24, 2.45) is 7.05 Å². The molecule has 9 nitrogen and oxygen atoms in total. The third kappa shape index (κ3) is 6.84. The number of nitrogens with zero attached hydrogens (tertiary/aromatic N) is 5. The molecule has 3 heterocycles. The Morgan fingerprint density at radius 3 is 2.66 bits per heavy atom. The van der Waals surface area contributed by atoms with Crippen molar-refractivity contribution in [1.82, 2.24) is 19.4 Å². The van der Waals surface area contributed by atoms with E-state index in [-0.39, 0.29) is 11.7 Å². The fourth-order valence-corrected chi connectivity index (χ4v) is 6.33. The molecule has 1 aliphatic heterocycles. The number of allylic oxidation sites excluding steroid dienone is 1. The Morgan fingerprint density at radius 2 is 1.93 bits per heavy atom. The molecule has 4 aromatic rings. The number of fused-ring (bicyclic) bond motifs is 2. The highest BCUT2D eigenvalue weighted by Gasteiger charge is 2.23. The Morgan fingerprint density at radius 1 is 1.14 bits per heavy atom. The van der Waals surface area contributed by atoms with Crippen molar-refractivity contribution in [3.8, 4) is 17.0 Å². The second-order valence-electron chi connectivity index (χ2n) is 11.6. The van der Waals surface area contributed by atoms with Crippen LogP contribution in [0.1, 0.15) is 25.1 Å². The van der Waals surface area contributed by atoms with Gasteiger partial charge in [0.25, 0.3) is 0 Å². The van der Waals surface area contributed by atoms with Crippen LogP contribution in [0.15, 0.2) is 48.2 Å². The van der Waals surface area contributed by atoms with Crippen LogP contribution in [0.4, 0.5) is 27.4 Å². The minimum Gasteiger partial charge on any atom is -0.494 e. The molecular weight excluding hydrogens is 577 g/mol. The molecule has 5 rings (SSSR count). The summed E-state index contributed by atoms with van der Waals surface area (Å²) in [5.41, 5.74) is 7.61. The summed E-state index contributed by atoms with van der Waals surface area (Å²) < 4.78 is 22.2. The Bertz CT molecular complexity index is 1730. The lowest BCUT2D eigenvalue weighted by atomic mass is 10.0. The summed E-state index contributed by atoms with van der Waals surface area (Å²) in [5.74, 6) is 2.25. The lowest BCUT2D eigenvalue weighted by Crippen LogP contribution is -2.29. The van der Waals surface area contributed by atoms with Gasteiger partial charge in [-0.1, -0.05) is 5.57 Å². The van der Waals surface area contributed by atoms with Crippen LogP contribution in [-0.2, 0) is 24.0 Å². The molecule has 0 bridgehead atoms. The lowest BCUT2D eigenvalue weighted by molar-refractivity contribution is -0.111. The van der Waals surface area contributed by atoms with Crippen molar-refractivity contribution in [2.75, 3.05) is 62.6 Å². The zero-order valence-corrected chi connectivity index (χ0v) is 27.2. The smallest absolute Gasteiger partial charge is 0.248 e. The number of amides is 1. The van der Waals surface area contributed by atoms with E-state index in [2.05, 4.69) is 20.4 Å². The number of anilines is 4. The standard InChI is InChI=1S/C33H40FN7O2S/c1-20(2)14-31(42)35-26-16-27(30(43-7)17-29(26)40(5)12-11-39(3)4)37-33-36-25-10-13-44-19-24(25)32(38-33)23-18-41(6)28-9-8-21(34)15-22(23)28/h8-9,14-18H,10-13,19H2,1-7H3,(H,35,42)(H,36,37,38). The van der Waals surface area contributed by atoms with Gasteiger partial charge in [0, 0.05) is 73.3 Å². The molecule has 0 saturated heterocycles. The summed E-state index contributed by atoms with van der Waals surface area (Å²) in [7, 11) is 9.62. The van der Waals surface area contributed by atoms with Crippen LogP contribution < -0.4 is 20.3 Å². The van der Waals surface area contributed by atoms with Crippen LogP contribution in [-0.4, -0.2) is 72.4 Å². The predicted molar refractivity (Wildman–Crippen MR) is 180 cm³/mol. The van der Waals surface area contributed by atoms with E-state index in [4.69, 9.17) is 14.7 Å². The van der Waals surface area contributed by atoms with Crippen molar-refractivity contribution in [2.45, 2.75) is 26.0 Å². The summed E-state index contributed by atoms with van der Waals surface area (Å²) in [6, 6.07) is 8.62. The van der Waals surface area contributed by atoms with E-state index in [9.17, 15) is 9.18 Å². The van der Waals surface area contributed by atoms with E-state index in [1.165, 1.54) is 6.07 Å². The summed E-state index contributed by atoms with van der Waals surface area (Å²) in [6.45, 7) is 5.36. The number of aryl methyl sites for hydroxylation is 2. The van der Waals surface area contributed by atoms with Crippen LogP contribution >= 0.6 is 11.8 Å². The number of likely N-dealkylation sites (N-methyl/N-ethyl adjacent to an activating group) is 2. The van der Waals surface area contributed by atoms with Gasteiger partial charge in [-0.25, -0.2) is 14.4 Å². The van der Waals surface area contributed by atoms with E-state index in [0.717, 1.165) is 75.7 Å². The second kappa shape index (κ2) is 13.3. The van der Waals surface area contributed by atoms with E-state index in [1.54, 1.807) is 25.3 Å². The topological polar surface area (TPSA) is 87.5 Å². The van der Waals surface area contributed by atoms with Crippen molar-refractivity contribution in [3.05, 3.63) is 65.3 Å². The molecular formula is C33H40FN7O2S. The molecule has 44 heavy (non-hydrogen) atoms. The van der Waals surface area contributed by atoms with Gasteiger partial charge in [-0.15, -0.1) is 0 Å². The van der Waals surface area contributed by atoms with Crippen LogP contribution in [0, 0.1) is 5.82 Å². The fourth-order valence-electron chi connectivity index (χ4n) is 5.34. The molecule has 0 spiro atoms. The zero-order valence-electron chi connectivity index (χ0n) is 26.4. The summed E-state index contributed by atoms with van der Waals surface area (Å²) >= 11 is 1.85. The van der Waals surface area contributed by atoms with Gasteiger partial charge in [0.1, 0.15) is 11.6 Å². The first-order valence-electron chi connectivity index (χ1n) is 14.6. The average Bonchev–Trinajstić information content (AvgIpc) is 3.30. The highest BCUT2D eigenvalue weighted by Crippen LogP contribution is 2.40. The van der Waals surface area contributed by atoms with Crippen molar-refractivity contribution >= 4 is 51.6 Å². The molecule has 2 aromatic carbocycles. The predicted octanol–water partition coefficient (Wildman–Crippen LogP) is 6.22. The number of halogens is 1. The first-order valence-corrected chi connectivity index (χ1v) is 15.7. The van der Waals surface area contributed by atoms with Crippen molar-refractivity contribution < 1.29 is 13.9 Å². The number of carbonyl (C=O) groups is 1. The molecule has 0 radical (unpaired) electrons. The first kappa shape index (κ1) is 31.3. The van der Waals surface area contributed by atoms with Gasteiger partial charge in [-0.2, -0.15) is 11.8 Å². The first-order chi connectivity index (χ1) is 21.0. The number of rotatable bonds is 10. The quantitative estimate of drug-likeness (QED) is 0.203. The van der Waals surface area contributed by atoms with Crippen molar-refractivity contribution in [1.29, 1.82) is 0 Å². The number of thioether (sulfide) groups is 1. The number of benzene rings is 2. The molecule has 232 valence electrons. The number of methoxy groups -OCH3 is 1. The number of nitrogens with one attached hydrogen (secondary N) is 2. The summed E-state index contributed by atoms with van der Waals surface area (Å²) in [6.07, 6.45) is 4.39. The van der Waals surface area contributed by atoms with Gasteiger partial charge in [0.05, 0.1) is 35.6 Å². The molecule has 1 amide bonds. The summed E-state index contributed by atoms with van der Waals surface area (Å²) in [5, 5.41) is 7.25. The number of carbonyl (C=O) groups excluding carboxylic acids is 1. The Balaban J connectivity index is 1.60. The second-order valence-corrected chi connectivity index (χ2v) is 12.7. The minimum absolute atomic E-state index is 0.212. The molecule has 2 N–H and O–H groups in total. The number of hydrogen-bond donors (Lipinski definition) is 2. The van der Waals surface area contributed by atoms with Crippen LogP contribution in [0.3, 0.4) is 0 Å². The molecule has 0 unspecified atom stereocenters. The van der Waals surface area contributed by atoms with Crippen LogP contribution in [0.5, 0.6) is 5.75 Å². The molecule has 0 atom stereocenters. The number of ether oxygens (including phenoxy) is 1. The normalized spacial score (nSPS) is 12.7. The largest absolute Gasteiger partial charge is 0.494 e. The van der Waals surface area contributed by atoms with Gasteiger partial charge in [-0.3, -0.25) is 4.79 Å². The van der Waals surface area contributed by atoms with Gasteiger partial charge < -0.3 is 29.7 Å². The zero-order chi connectivity index (χ0) is 31.5. The highest BCUT2D eigenvalue weighted by molar-refractivity contribution is 7.98. The summed E-state index contributed by atoms with van der Waals surface area (Å²) in [4.78, 5) is 27.0. The van der Waals surface area contributed by atoms with Crippen LogP contribution in [0.25, 0.3) is 22.2 Å². The number of hydrogen-bond acceptors (Lipinski definition) is 8. The van der Waals surface area contributed by atoms with Crippen molar-refractivity contribution in [3.63, 3.8) is 0 Å². The van der Waals surface area contributed by atoms with Gasteiger partial charge in [-0.05, 0) is 64.4 Å². The molecule has 11 heteroatoms. The van der Waals surface area contributed by atoms with Crippen LogP contribution in [0.2, 0.25) is 0 Å². The molecule has 0 fully saturated rings. The van der Waals surface area contributed by atoms with E-state index >= 15 is 0 Å². The maximum Gasteiger partial charge on any atom is 0.248 e. The van der Waals surface area contributed by atoms with Gasteiger partial charge in [0.15, 0.2) is 0 Å². The third-order valence-corrected chi connectivity index (χ3v) is 8.55. The van der Waals surface area contributed by atoms with E-state index < -0.39 is 0 Å². The third-order valence-electron chi connectivity index (χ3n) is 7.56. The average molecular weight is 618 g/mol. The van der Waals surface area contributed by atoms with E-state index in [1.807, 2.05) is 76.7 Å². The number of aromatic nitrogens is 3. The van der Waals surface area contributed by atoms with E-state index in [0.29, 0.717) is 23.1 Å². The SMILES string of the molecule is COc1cc(N(C)CCN(C)C)c(NC(=O)C=C(C)C)cc1Nc1nc2c(c(-c3cn(C)c4ccc(F)cc34)n1)CSCC2. The molecule has 2 aromatic heterocycles. The van der Waals surface area contributed by atoms with Gasteiger partial charge >= 0.3 is 0 Å².